The first-order valence-electron chi connectivity index (χ1n) is 9.87. The molecule has 0 fully saturated rings. The van der Waals surface area contributed by atoms with Gasteiger partial charge in [-0.1, -0.05) is 18.2 Å². The summed E-state index contributed by atoms with van der Waals surface area (Å²) >= 11 is 0. The number of nitrogens with two attached hydrogens (primary N) is 1. The summed E-state index contributed by atoms with van der Waals surface area (Å²) in [7, 11) is 2.92. The largest absolute Gasteiger partial charge is 0.493 e. The molecule has 34 heavy (non-hydrogen) atoms. The molecule has 2 aromatic carbocycles. The Morgan fingerprint density at radius 2 is 1.71 bits per heavy atom. The van der Waals surface area contributed by atoms with Gasteiger partial charge in [-0.05, 0) is 29.8 Å². The second-order valence-electron chi connectivity index (χ2n) is 7.33. The Morgan fingerprint density at radius 3 is 2.32 bits per heavy atom. The summed E-state index contributed by atoms with van der Waals surface area (Å²) in [5.74, 6) is -7.59. The van der Waals surface area contributed by atoms with Crippen LogP contribution < -0.4 is 15.2 Å². The number of hydrogen-bond acceptors (Lipinski definition) is 6. The van der Waals surface area contributed by atoms with Gasteiger partial charge in [0.1, 0.15) is 6.17 Å². The number of hydrogen-bond donors (Lipinski definition) is 1. The van der Waals surface area contributed by atoms with Crippen LogP contribution in [0, 0.1) is 0 Å². The monoisotopic (exact) mass is 485 g/mol. The number of nitrogens with zero attached hydrogens (tertiary/aromatic N) is 2. The topological polar surface area (TPSA) is 94.2 Å². The summed E-state index contributed by atoms with van der Waals surface area (Å²) < 4.78 is 75.2. The molecule has 1 aliphatic rings. The SMILES string of the molecule is COc1ccc(C2=NN(C(N)c3cccc(C(=O)C(F)(F)C(F)(F)F)c3)C(=O)CC2)cc1OC. The lowest BCUT2D eigenvalue weighted by molar-refractivity contribution is -0.255. The van der Waals surface area contributed by atoms with Crippen molar-refractivity contribution >= 4 is 17.4 Å². The molecular weight excluding hydrogens is 465 g/mol. The van der Waals surface area contributed by atoms with Gasteiger partial charge in [0.05, 0.1) is 19.9 Å². The van der Waals surface area contributed by atoms with Gasteiger partial charge in [0.15, 0.2) is 11.5 Å². The number of benzene rings is 2. The number of methoxy groups -OCH3 is 2. The van der Waals surface area contributed by atoms with Crippen LogP contribution in [0.15, 0.2) is 47.6 Å². The van der Waals surface area contributed by atoms with Crippen LogP contribution in [0.3, 0.4) is 0 Å². The molecule has 2 aromatic rings. The lowest BCUT2D eigenvalue weighted by Crippen LogP contribution is -2.44. The summed E-state index contributed by atoms with van der Waals surface area (Å²) in [5.41, 5.74) is 6.22. The molecular formula is C22H20F5N3O4. The summed E-state index contributed by atoms with van der Waals surface area (Å²) in [6, 6.07) is 8.98. The molecule has 0 spiro atoms. The van der Waals surface area contributed by atoms with Crippen LogP contribution in [-0.2, 0) is 4.79 Å². The second kappa shape index (κ2) is 9.37. The van der Waals surface area contributed by atoms with Crippen molar-refractivity contribution in [2.45, 2.75) is 31.1 Å². The molecule has 1 unspecified atom stereocenters. The van der Waals surface area contributed by atoms with Gasteiger partial charge in [-0.25, -0.2) is 5.01 Å². The molecule has 3 rings (SSSR count). The molecule has 0 bridgehead atoms. The highest BCUT2D eigenvalue weighted by molar-refractivity contribution is 6.04. The third kappa shape index (κ3) is 4.72. The molecule has 182 valence electrons. The Labute approximate surface area is 190 Å². The Balaban J connectivity index is 1.93. The molecule has 0 radical (unpaired) electrons. The first-order chi connectivity index (χ1) is 15.9. The minimum Gasteiger partial charge on any atom is -0.493 e. The minimum absolute atomic E-state index is 0.0195. The van der Waals surface area contributed by atoms with Crippen LogP contribution in [0.2, 0.25) is 0 Å². The van der Waals surface area contributed by atoms with Crippen molar-refractivity contribution < 1.29 is 41.0 Å². The summed E-state index contributed by atoms with van der Waals surface area (Å²) in [4.78, 5) is 24.3. The highest BCUT2D eigenvalue weighted by atomic mass is 19.4. The maximum atomic E-state index is 13.5. The van der Waals surface area contributed by atoms with Gasteiger partial charge in [-0.3, -0.25) is 9.59 Å². The lowest BCUT2D eigenvalue weighted by Gasteiger charge is -2.29. The Kier molecular flexibility index (Phi) is 6.92. The molecule has 1 heterocycles. The van der Waals surface area contributed by atoms with E-state index in [0.29, 0.717) is 22.8 Å². The second-order valence-corrected chi connectivity index (χ2v) is 7.33. The van der Waals surface area contributed by atoms with E-state index in [1.165, 1.54) is 20.3 Å². The number of rotatable bonds is 7. The molecule has 0 saturated carbocycles. The fourth-order valence-electron chi connectivity index (χ4n) is 3.33. The smallest absolute Gasteiger partial charge is 0.461 e. The first-order valence-corrected chi connectivity index (χ1v) is 9.87. The van der Waals surface area contributed by atoms with Crippen molar-refractivity contribution in [2.24, 2.45) is 10.8 Å². The zero-order chi connectivity index (χ0) is 25.3. The number of amides is 1. The molecule has 7 nitrogen and oxygen atoms in total. The number of ketones is 1. The molecule has 0 saturated heterocycles. The van der Waals surface area contributed by atoms with E-state index in [9.17, 15) is 31.5 Å². The fourth-order valence-corrected chi connectivity index (χ4v) is 3.33. The molecule has 12 heteroatoms. The van der Waals surface area contributed by atoms with E-state index in [0.717, 1.165) is 23.2 Å². The number of halogens is 5. The normalized spacial score (nSPS) is 15.6. The number of carbonyl (C=O) groups excluding carboxylic acids is 2. The highest BCUT2D eigenvalue weighted by Crippen LogP contribution is 2.38. The average Bonchev–Trinajstić information content (AvgIpc) is 2.82. The zero-order valence-corrected chi connectivity index (χ0v) is 18.0. The van der Waals surface area contributed by atoms with Gasteiger partial charge >= 0.3 is 12.1 Å². The Bertz CT molecular complexity index is 1130. The summed E-state index contributed by atoms with van der Waals surface area (Å²) in [6.07, 6.45) is -7.10. The van der Waals surface area contributed by atoms with E-state index in [-0.39, 0.29) is 18.4 Å². The maximum absolute atomic E-state index is 13.5. The number of hydrazone groups is 1. The number of alkyl halides is 5. The van der Waals surface area contributed by atoms with E-state index < -0.39 is 35.5 Å². The van der Waals surface area contributed by atoms with Gasteiger partial charge in [-0.15, -0.1) is 0 Å². The van der Waals surface area contributed by atoms with Gasteiger partial charge in [-0.2, -0.15) is 27.1 Å². The van der Waals surface area contributed by atoms with E-state index in [1.54, 1.807) is 18.2 Å². The molecule has 0 aromatic heterocycles. The third-order valence-electron chi connectivity index (χ3n) is 5.17. The molecule has 1 atom stereocenters. The average molecular weight is 485 g/mol. The molecule has 1 aliphatic heterocycles. The van der Waals surface area contributed by atoms with E-state index >= 15 is 0 Å². The number of carbonyl (C=O) groups is 2. The van der Waals surface area contributed by atoms with Crippen LogP contribution in [0.5, 0.6) is 11.5 Å². The van der Waals surface area contributed by atoms with E-state index in [1.807, 2.05) is 0 Å². The predicted molar refractivity (Wildman–Crippen MR) is 111 cm³/mol. The zero-order valence-electron chi connectivity index (χ0n) is 18.0. The van der Waals surface area contributed by atoms with Crippen molar-refractivity contribution in [3.8, 4) is 11.5 Å². The van der Waals surface area contributed by atoms with Crippen molar-refractivity contribution in [3.05, 3.63) is 59.2 Å². The van der Waals surface area contributed by atoms with Gasteiger partial charge < -0.3 is 15.2 Å². The highest BCUT2D eigenvalue weighted by Gasteiger charge is 2.63. The van der Waals surface area contributed by atoms with Gasteiger partial charge in [0.25, 0.3) is 0 Å². The van der Waals surface area contributed by atoms with Gasteiger partial charge in [0, 0.05) is 24.0 Å². The summed E-state index contributed by atoms with van der Waals surface area (Å²) in [5, 5.41) is 5.17. The predicted octanol–water partition coefficient (Wildman–Crippen LogP) is 4.07. The van der Waals surface area contributed by atoms with Crippen LogP contribution in [-0.4, -0.2) is 48.7 Å². The van der Waals surface area contributed by atoms with Crippen LogP contribution >= 0.6 is 0 Å². The lowest BCUT2D eigenvalue weighted by atomic mass is 10.0. The number of ether oxygens (including phenoxy) is 2. The van der Waals surface area contributed by atoms with Crippen LogP contribution in [0.1, 0.15) is 40.5 Å². The van der Waals surface area contributed by atoms with Crippen LogP contribution in [0.25, 0.3) is 0 Å². The molecule has 0 aliphatic carbocycles. The van der Waals surface area contributed by atoms with E-state index in [4.69, 9.17) is 15.2 Å². The first kappa shape index (κ1) is 25.1. The Hall–Kier alpha value is -3.54. The van der Waals surface area contributed by atoms with Crippen molar-refractivity contribution in [2.75, 3.05) is 14.2 Å². The molecule has 1 amide bonds. The minimum atomic E-state index is -6.05. The van der Waals surface area contributed by atoms with Crippen molar-refractivity contribution in [3.63, 3.8) is 0 Å². The fraction of sp³-hybridized carbons (Fsp3) is 0.318. The Morgan fingerprint density at radius 1 is 1.03 bits per heavy atom. The number of Topliss-reactive ketones (excluding diaryl/α,β-unsaturated/α-hetero) is 1. The maximum Gasteiger partial charge on any atom is 0.461 e. The van der Waals surface area contributed by atoms with Crippen molar-refractivity contribution in [1.29, 1.82) is 0 Å². The van der Waals surface area contributed by atoms with Crippen LogP contribution in [0.4, 0.5) is 22.0 Å². The standard InChI is InChI=1S/C22H20F5N3O4/c1-33-16-8-6-12(11-17(16)34-2)15-7-9-18(31)30(29-15)20(28)14-5-3-4-13(10-14)19(32)21(23,24)22(25,26)27/h3-6,8,10-11,20H,7,9,28H2,1-2H3. The molecule has 2 N–H and O–H groups in total. The van der Waals surface area contributed by atoms with Crippen molar-refractivity contribution in [1.82, 2.24) is 5.01 Å². The summed E-state index contributed by atoms with van der Waals surface area (Å²) in [6.45, 7) is 0. The quantitative estimate of drug-likeness (QED) is 0.472. The third-order valence-corrected chi connectivity index (χ3v) is 5.17. The van der Waals surface area contributed by atoms with Gasteiger partial charge in [0.2, 0.25) is 11.7 Å². The van der Waals surface area contributed by atoms with E-state index in [2.05, 4.69) is 5.10 Å².